The minimum Gasteiger partial charge on any atom is -0.352 e. The van der Waals surface area contributed by atoms with E-state index in [0.29, 0.717) is 12.0 Å². The Morgan fingerprint density at radius 3 is 2.50 bits per heavy atom. The quantitative estimate of drug-likeness (QED) is 0.330. The fourth-order valence-electron chi connectivity index (χ4n) is 6.11. The van der Waals surface area contributed by atoms with Crippen LogP contribution in [0.15, 0.2) is 79.5 Å². The van der Waals surface area contributed by atoms with Crippen molar-refractivity contribution >= 4 is 17.2 Å². The number of fused-ring (bicyclic) bond motifs is 3. The molecule has 0 aliphatic carbocycles. The number of hydrogen-bond donors (Lipinski definition) is 0. The second-order valence-electron chi connectivity index (χ2n) is 10.6. The largest absolute Gasteiger partial charge is 0.352 e. The van der Waals surface area contributed by atoms with Crippen molar-refractivity contribution in [3.63, 3.8) is 0 Å². The van der Waals surface area contributed by atoms with Crippen LogP contribution in [0.4, 0.5) is 5.82 Å². The van der Waals surface area contributed by atoms with Gasteiger partial charge in [-0.3, -0.25) is 9.48 Å². The average Bonchev–Trinajstić information content (AvgIpc) is 3.62. The Morgan fingerprint density at radius 2 is 1.80 bits per heavy atom. The molecule has 1 amide bonds. The summed E-state index contributed by atoms with van der Waals surface area (Å²) < 4.78 is 3.52. The Bertz CT molecular complexity index is 1740. The molecule has 9 nitrogen and oxygen atoms in total. The van der Waals surface area contributed by atoms with Gasteiger partial charge in [0.15, 0.2) is 0 Å². The third-order valence-corrected chi connectivity index (χ3v) is 8.10. The number of pyridine rings is 2. The Hall–Kier alpha value is -4.97. The van der Waals surface area contributed by atoms with Crippen molar-refractivity contribution in [2.45, 2.75) is 31.3 Å². The smallest absolute Gasteiger partial charge is 0.223 e. The maximum Gasteiger partial charge on any atom is 0.223 e. The first kappa shape index (κ1) is 24.1. The second-order valence-corrected chi connectivity index (χ2v) is 10.6. The van der Waals surface area contributed by atoms with E-state index in [1.165, 1.54) is 5.56 Å². The molecular formula is C31H28N8O. The van der Waals surface area contributed by atoms with E-state index in [1.54, 1.807) is 15.4 Å². The zero-order valence-electron chi connectivity index (χ0n) is 22.2. The highest BCUT2D eigenvalue weighted by Gasteiger charge is 2.47. The maximum absolute atomic E-state index is 13.0. The summed E-state index contributed by atoms with van der Waals surface area (Å²) in [6, 6.07) is 19.1. The Morgan fingerprint density at radius 1 is 0.975 bits per heavy atom. The normalized spacial score (nSPS) is 18.0. The third kappa shape index (κ3) is 4.18. The molecule has 2 unspecified atom stereocenters. The van der Waals surface area contributed by atoms with Crippen LogP contribution in [0.25, 0.3) is 27.8 Å². The SMILES string of the molecule is Cn1cc(-c2cc(-c3ccc(N4CC5CC(C4)N5C(=O)CCc4ccccc4)nc3)c3c(C#N)cnn3c2)cn1. The van der Waals surface area contributed by atoms with Crippen LogP contribution >= 0.6 is 0 Å². The molecule has 0 saturated carbocycles. The van der Waals surface area contributed by atoms with Crippen LogP contribution in [0.3, 0.4) is 0 Å². The topological polar surface area (TPSA) is 95.3 Å². The van der Waals surface area contributed by atoms with Gasteiger partial charge in [0.1, 0.15) is 11.9 Å². The van der Waals surface area contributed by atoms with E-state index < -0.39 is 0 Å². The molecule has 0 N–H and O–H groups in total. The fraction of sp³-hybridized carbons (Fsp3) is 0.258. The summed E-state index contributed by atoms with van der Waals surface area (Å²) in [4.78, 5) is 22.2. The first-order valence-electron chi connectivity index (χ1n) is 13.5. The summed E-state index contributed by atoms with van der Waals surface area (Å²) in [5.74, 6) is 1.16. The van der Waals surface area contributed by atoms with Gasteiger partial charge in [0.05, 0.1) is 35.6 Å². The summed E-state index contributed by atoms with van der Waals surface area (Å²) in [6.45, 7) is 1.59. The van der Waals surface area contributed by atoms with Crippen molar-refractivity contribution < 1.29 is 4.79 Å². The lowest BCUT2D eigenvalue weighted by Gasteiger charge is -2.56. The molecule has 3 aliphatic heterocycles. The van der Waals surface area contributed by atoms with Gasteiger partial charge >= 0.3 is 0 Å². The summed E-state index contributed by atoms with van der Waals surface area (Å²) >= 11 is 0. The summed E-state index contributed by atoms with van der Waals surface area (Å²) in [5.41, 5.74) is 6.22. The van der Waals surface area contributed by atoms with Crippen molar-refractivity contribution in [2.75, 3.05) is 18.0 Å². The maximum atomic E-state index is 13.0. The van der Waals surface area contributed by atoms with Crippen LogP contribution in [0.2, 0.25) is 0 Å². The predicted molar refractivity (Wildman–Crippen MR) is 151 cm³/mol. The van der Waals surface area contributed by atoms with Crippen LogP contribution in [0.1, 0.15) is 24.0 Å². The number of nitrogens with zero attached hydrogens (tertiary/aromatic N) is 8. The third-order valence-electron chi connectivity index (χ3n) is 8.10. The summed E-state index contributed by atoms with van der Waals surface area (Å²) in [5, 5.41) is 18.4. The van der Waals surface area contributed by atoms with E-state index in [1.807, 2.05) is 56.1 Å². The number of aryl methyl sites for hydroxylation is 2. The van der Waals surface area contributed by atoms with Crippen LogP contribution in [0, 0.1) is 11.3 Å². The standard InChI is InChI=1S/C31H28N8O/c1-36-17-25(16-34-36)23-11-28(31-24(13-32)15-35-38(31)18-23)22-8-9-29(33-14-22)37-19-26-12-27(20-37)39(26)30(40)10-7-21-5-3-2-4-6-21/h2-6,8-9,11,14-18,26-27H,7,10,12,19-20H2,1H3. The van der Waals surface area contributed by atoms with E-state index in [9.17, 15) is 10.1 Å². The zero-order chi connectivity index (χ0) is 27.2. The van der Waals surface area contributed by atoms with E-state index >= 15 is 0 Å². The number of benzene rings is 1. The number of amides is 1. The summed E-state index contributed by atoms with van der Waals surface area (Å²) in [6.07, 6.45) is 11.6. The van der Waals surface area contributed by atoms with Gasteiger partial charge in [-0.25, -0.2) is 9.50 Å². The number of rotatable bonds is 6. The number of nitriles is 1. The van der Waals surface area contributed by atoms with Crippen LogP contribution in [-0.2, 0) is 18.3 Å². The van der Waals surface area contributed by atoms with Crippen LogP contribution in [-0.4, -0.2) is 60.4 Å². The van der Waals surface area contributed by atoms with Crippen molar-refractivity contribution in [2.24, 2.45) is 7.05 Å². The first-order valence-corrected chi connectivity index (χ1v) is 13.5. The number of carbonyl (C=O) groups is 1. The molecule has 3 aliphatic rings. The molecule has 5 aromatic rings. The van der Waals surface area contributed by atoms with Gasteiger partial charge in [0.25, 0.3) is 0 Å². The number of hydrogen-bond acceptors (Lipinski definition) is 6. The van der Waals surface area contributed by atoms with E-state index in [-0.39, 0.29) is 18.0 Å². The molecule has 0 spiro atoms. The minimum atomic E-state index is 0.240. The highest BCUT2D eigenvalue weighted by Crippen LogP contribution is 2.36. The molecule has 4 aromatic heterocycles. The Balaban J connectivity index is 1.10. The number of anilines is 1. The highest BCUT2D eigenvalue weighted by atomic mass is 16.2. The van der Waals surface area contributed by atoms with Gasteiger partial charge in [-0.15, -0.1) is 0 Å². The fourth-order valence-corrected chi connectivity index (χ4v) is 6.11. The highest BCUT2D eigenvalue weighted by molar-refractivity contribution is 5.87. The molecule has 0 radical (unpaired) electrons. The molecule has 8 rings (SSSR count). The molecule has 40 heavy (non-hydrogen) atoms. The molecule has 3 fully saturated rings. The molecule has 2 atom stereocenters. The number of piperazine rings is 1. The van der Waals surface area contributed by atoms with Gasteiger partial charge in [-0.2, -0.15) is 15.5 Å². The molecular weight excluding hydrogens is 500 g/mol. The monoisotopic (exact) mass is 528 g/mol. The second kappa shape index (κ2) is 9.65. The lowest BCUT2D eigenvalue weighted by atomic mass is 9.86. The van der Waals surface area contributed by atoms with Crippen LogP contribution in [0.5, 0.6) is 0 Å². The van der Waals surface area contributed by atoms with Crippen LogP contribution < -0.4 is 4.90 Å². The molecule has 198 valence electrons. The number of piperidine rings is 1. The van der Waals surface area contributed by atoms with Gasteiger partial charge in [-0.05, 0) is 36.6 Å². The van der Waals surface area contributed by atoms with Gasteiger partial charge in [0.2, 0.25) is 5.91 Å². The average molecular weight is 529 g/mol. The van der Waals surface area contributed by atoms with Crippen molar-refractivity contribution in [3.8, 4) is 28.3 Å². The lowest BCUT2D eigenvalue weighted by molar-refractivity contribution is -0.146. The van der Waals surface area contributed by atoms with E-state index in [2.05, 4.69) is 50.3 Å². The van der Waals surface area contributed by atoms with Gasteiger partial charge < -0.3 is 9.80 Å². The van der Waals surface area contributed by atoms with E-state index in [0.717, 1.165) is 59.5 Å². The Labute approximate surface area is 231 Å². The summed E-state index contributed by atoms with van der Waals surface area (Å²) in [7, 11) is 1.89. The number of carbonyl (C=O) groups excluding carboxylic acids is 1. The van der Waals surface area contributed by atoms with Crippen molar-refractivity contribution in [1.29, 1.82) is 5.26 Å². The number of aromatic nitrogens is 5. The molecule has 3 saturated heterocycles. The molecule has 1 aromatic carbocycles. The van der Waals surface area contributed by atoms with Gasteiger partial charge in [0, 0.05) is 67.4 Å². The first-order chi connectivity index (χ1) is 19.6. The van der Waals surface area contributed by atoms with Crippen molar-refractivity contribution in [3.05, 3.63) is 90.6 Å². The lowest BCUT2D eigenvalue weighted by Crippen LogP contribution is -2.70. The predicted octanol–water partition coefficient (Wildman–Crippen LogP) is 4.09. The molecule has 7 heterocycles. The Kier molecular flexibility index (Phi) is 5.81. The molecule has 9 heteroatoms. The zero-order valence-corrected chi connectivity index (χ0v) is 22.2. The van der Waals surface area contributed by atoms with E-state index in [4.69, 9.17) is 4.98 Å². The van der Waals surface area contributed by atoms with Crippen molar-refractivity contribution in [1.82, 2.24) is 29.3 Å². The van der Waals surface area contributed by atoms with Gasteiger partial charge in [-0.1, -0.05) is 30.3 Å². The molecule has 2 bridgehead atoms. The minimum absolute atomic E-state index is 0.240.